The van der Waals surface area contributed by atoms with E-state index >= 15 is 0 Å². The Balaban J connectivity index is 1.42. The summed E-state index contributed by atoms with van der Waals surface area (Å²) >= 11 is 1.39. The molecule has 1 unspecified atom stereocenters. The summed E-state index contributed by atoms with van der Waals surface area (Å²) in [4.78, 5) is 37.3. The van der Waals surface area contributed by atoms with Crippen molar-refractivity contribution >= 4 is 33.1 Å². The van der Waals surface area contributed by atoms with Crippen molar-refractivity contribution in [1.29, 1.82) is 0 Å². The van der Waals surface area contributed by atoms with Gasteiger partial charge in [0.25, 0.3) is 11.5 Å². The number of amides is 1. The molecule has 0 radical (unpaired) electrons. The average Bonchev–Trinajstić information content (AvgIpc) is 2.94. The van der Waals surface area contributed by atoms with Crippen LogP contribution in [0.5, 0.6) is 0 Å². The van der Waals surface area contributed by atoms with Crippen molar-refractivity contribution in [2.24, 2.45) is 0 Å². The molecule has 1 fully saturated rings. The number of aryl methyl sites for hydroxylation is 3. The summed E-state index contributed by atoms with van der Waals surface area (Å²) < 4.78 is 1.84. The van der Waals surface area contributed by atoms with Crippen LogP contribution in [-0.2, 0) is 13.0 Å². The van der Waals surface area contributed by atoms with Gasteiger partial charge in [-0.2, -0.15) is 0 Å². The topological polar surface area (TPSA) is 58.4 Å². The van der Waals surface area contributed by atoms with Crippen LogP contribution < -0.4 is 10.5 Å². The maximum Gasteiger partial charge on any atom is 0.264 e. The van der Waals surface area contributed by atoms with Crippen LogP contribution in [0, 0.1) is 13.8 Å². The van der Waals surface area contributed by atoms with Crippen molar-refractivity contribution in [3.05, 3.63) is 56.4 Å². The molecule has 6 nitrogen and oxygen atoms in total. The van der Waals surface area contributed by atoms with Gasteiger partial charge in [-0.25, -0.2) is 4.98 Å². The van der Waals surface area contributed by atoms with Crippen LogP contribution in [0.1, 0.15) is 52.8 Å². The molecule has 1 aromatic carbocycles. The molecule has 5 rings (SSSR count). The smallest absolute Gasteiger partial charge is 0.264 e. The summed E-state index contributed by atoms with van der Waals surface area (Å²) in [5, 5.41) is 0.635. The second kappa shape index (κ2) is 8.35. The lowest BCUT2D eigenvalue weighted by Crippen LogP contribution is -2.53. The number of hydrogen-bond acceptors (Lipinski definition) is 5. The minimum absolute atomic E-state index is 0.0253. The number of anilines is 1. The highest BCUT2D eigenvalue weighted by Gasteiger charge is 2.30. The standard InChI is InChI=1S/C25H30N4O2S/c1-16-8-7-9-19(14-16)28-13-12-27(15-17(28)2)25(31)22-18(3)21-23(32-22)26-20-10-5-4-6-11-29(20)24(21)30/h7-9,14,17H,4-6,10-13,15H2,1-3H3. The van der Waals surface area contributed by atoms with Gasteiger partial charge in [0.15, 0.2) is 0 Å². The molecule has 4 heterocycles. The predicted octanol–water partition coefficient (Wildman–Crippen LogP) is 4.15. The maximum atomic E-state index is 13.5. The lowest BCUT2D eigenvalue weighted by Gasteiger charge is -2.41. The van der Waals surface area contributed by atoms with E-state index in [1.807, 2.05) is 16.4 Å². The fourth-order valence-corrected chi connectivity index (χ4v) is 6.25. The van der Waals surface area contributed by atoms with Crippen molar-refractivity contribution < 1.29 is 4.79 Å². The monoisotopic (exact) mass is 450 g/mol. The van der Waals surface area contributed by atoms with E-state index in [0.29, 0.717) is 23.4 Å². The van der Waals surface area contributed by atoms with Crippen LogP contribution >= 0.6 is 11.3 Å². The number of benzene rings is 1. The highest BCUT2D eigenvalue weighted by molar-refractivity contribution is 7.20. The zero-order chi connectivity index (χ0) is 22.4. The third kappa shape index (κ3) is 3.62. The number of hydrogen-bond donors (Lipinski definition) is 0. The fourth-order valence-electron chi connectivity index (χ4n) is 5.09. The van der Waals surface area contributed by atoms with Crippen LogP contribution in [0.2, 0.25) is 0 Å². The van der Waals surface area contributed by atoms with Crippen LogP contribution in [-0.4, -0.2) is 46.0 Å². The lowest BCUT2D eigenvalue weighted by molar-refractivity contribution is 0.0730. The molecule has 2 aliphatic rings. The minimum Gasteiger partial charge on any atom is -0.365 e. The van der Waals surface area contributed by atoms with Crippen LogP contribution in [0.4, 0.5) is 5.69 Å². The molecule has 1 saturated heterocycles. The molecule has 0 N–H and O–H groups in total. The lowest BCUT2D eigenvalue weighted by atomic mass is 10.1. The molecular formula is C25H30N4O2S. The van der Waals surface area contributed by atoms with Gasteiger partial charge in [-0.05, 0) is 56.9 Å². The highest BCUT2D eigenvalue weighted by atomic mass is 32.1. The second-order valence-corrected chi connectivity index (χ2v) is 10.2. The fraction of sp³-hybridized carbons (Fsp3) is 0.480. The molecular weight excluding hydrogens is 420 g/mol. The molecule has 1 amide bonds. The number of nitrogens with zero attached hydrogens (tertiary/aromatic N) is 4. The Labute approximate surface area is 192 Å². The van der Waals surface area contributed by atoms with E-state index in [-0.39, 0.29) is 17.5 Å². The summed E-state index contributed by atoms with van der Waals surface area (Å²) in [6.07, 6.45) is 4.05. The molecule has 32 heavy (non-hydrogen) atoms. The first kappa shape index (κ1) is 21.2. The van der Waals surface area contributed by atoms with Crippen molar-refractivity contribution in [1.82, 2.24) is 14.5 Å². The van der Waals surface area contributed by atoms with Gasteiger partial charge in [0.05, 0.1) is 10.3 Å². The molecule has 7 heteroatoms. The predicted molar refractivity (Wildman–Crippen MR) is 130 cm³/mol. The molecule has 3 aromatic rings. The first-order valence-electron chi connectivity index (χ1n) is 11.6. The first-order chi connectivity index (χ1) is 15.4. The summed E-state index contributed by atoms with van der Waals surface area (Å²) in [6.45, 7) is 9.06. The summed E-state index contributed by atoms with van der Waals surface area (Å²) in [5.41, 5.74) is 3.27. The Morgan fingerprint density at radius 3 is 2.75 bits per heavy atom. The van der Waals surface area contributed by atoms with Gasteiger partial charge in [0.2, 0.25) is 0 Å². The number of thiophene rings is 1. The van der Waals surface area contributed by atoms with Crippen LogP contribution in [0.3, 0.4) is 0 Å². The van der Waals surface area contributed by atoms with Gasteiger partial charge in [-0.15, -0.1) is 11.3 Å². The van der Waals surface area contributed by atoms with Gasteiger partial charge in [-0.3, -0.25) is 14.2 Å². The van der Waals surface area contributed by atoms with Crippen LogP contribution in [0.25, 0.3) is 10.2 Å². The SMILES string of the molecule is Cc1cccc(N2CCN(C(=O)c3sc4nc5n(c(=O)c4c3C)CCCCC5)CC2C)c1. The van der Waals surface area contributed by atoms with Gasteiger partial charge in [0.1, 0.15) is 10.7 Å². The van der Waals surface area contributed by atoms with E-state index in [9.17, 15) is 9.59 Å². The Morgan fingerprint density at radius 2 is 1.97 bits per heavy atom. The number of piperazine rings is 1. The number of aromatic nitrogens is 2. The summed E-state index contributed by atoms with van der Waals surface area (Å²) in [5.74, 6) is 0.904. The quantitative estimate of drug-likeness (QED) is 0.589. The van der Waals surface area contributed by atoms with Crippen molar-refractivity contribution in [2.45, 2.75) is 59.0 Å². The van der Waals surface area contributed by atoms with E-state index in [4.69, 9.17) is 4.98 Å². The number of carbonyl (C=O) groups is 1. The van der Waals surface area contributed by atoms with Gasteiger partial charge >= 0.3 is 0 Å². The van der Waals surface area contributed by atoms with Crippen molar-refractivity contribution in [2.75, 3.05) is 24.5 Å². The first-order valence-corrected chi connectivity index (χ1v) is 12.4. The number of carbonyl (C=O) groups excluding carboxylic acids is 1. The van der Waals surface area contributed by atoms with E-state index in [1.165, 1.54) is 22.6 Å². The molecule has 2 aromatic heterocycles. The number of fused-ring (bicyclic) bond motifs is 2. The van der Waals surface area contributed by atoms with E-state index in [0.717, 1.165) is 55.0 Å². The van der Waals surface area contributed by atoms with E-state index < -0.39 is 0 Å². The Morgan fingerprint density at radius 1 is 1.12 bits per heavy atom. The summed E-state index contributed by atoms with van der Waals surface area (Å²) in [6, 6.07) is 8.76. The molecule has 1 atom stereocenters. The highest BCUT2D eigenvalue weighted by Crippen LogP contribution is 2.30. The zero-order valence-corrected chi connectivity index (χ0v) is 19.9. The minimum atomic E-state index is 0.0253. The average molecular weight is 451 g/mol. The second-order valence-electron chi connectivity index (χ2n) is 9.16. The number of rotatable bonds is 2. The molecule has 0 aliphatic carbocycles. The van der Waals surface area contributed by atoms with Gasteiger partial charge in [-0.1, -0.05) is 18.6 Å². The molecule has 0 saturated carbocycles. The maximum absolute atomic E-state index is 13.5. The van der Waals surface area contributed by atoms with Gasteiger partial charge in [0, 0.05) is 44.3 Å². The van der Waals surface area contributed by atoms with E-state index in [2.05, 4.69) is 43.0 Å². The van der Waals surface area contributed by atoms with Gasteiger partial charge < -0.3 is 9.80 Å². The third-order valence-electron chi connectivity index (χ3n) is 6.85. The Kier molecular flexibility index (Phi) is 5.53. The Bertz CT molecular complexity index is 1240. The Hall–Kier alpha value is -2.67. The largest absolute Gasteiger partial charge is 0.365 e. The summed E-state index contributed by atoms with van der Waals surface area (Å²) in [7, 11) is 0. The molecule has 0 bridgehead atoms. The molecule has 168 valence electrons. The third-order valence-corrected chi connectivity index (χ3v) is 8.03. The molecule has 0 spiro atoms. The molecule has 2 aliphatic heterocycles. The van der Waals surface area contributed by atoms with Crippen LogP contribution in [0.15, 0.2) is 29.1 Å². The van der Waals surface area contributed by atoms with Crippen molar-refractivity contribution in [3.63, 3.8) is 0 Å². The van der Waals surface area contributed by atoms with E-state index in [1.54, 1.807) is 0 Å². The zero-order valence-electron chi connectivity index (χ0n) is 19.1. The van der Waals surface area contributed by atoms with Crippen molar-refractivity contribution in [3.8, 4) is 0 Å². The normalized spacial score (nSPS) is 19.2.